The summed E-state index contributed by atoms with van der Waals surface area (Å²) in [6.07, 6.45) is 3.63. The van der Waals surface area contributed by atoms with Gasteiger partial charge < -0.3 is 8.83 Å². The highest BCUT2D eigenvalue weighted by molar-refractivity contribution is 6.17. The first-order chi connectivity index (χ1) is 27.7. The Morgan fingerprint density at radius 3 is 1.75 bits per heavy atom. The van der Waals surface area contributed by atoms with E-state index >= 15 is 0 Å². The summed E-state index contributed by atoms with van der Waals surface area (Å²) in [6, 6.07) is 60.7. The second-order valence-corrected chi connectivity index (χ2v) is 14.0. The molecule has 0 unspecified atom stereocenters. The van der Waals surface area contributed by atoms with E-state index in [1.807, 2.05) is 73.1 Å². The Kier molecular flexibility index (Phi) is 7.42. The lowest BCUT2D eigenvalue weighted by atomic mass is 9.93. The normalized spacial score (nSPS) is 11.6. The van der Waals surface area contributed by atoms with Crippen molar-refractivity contribution in [1.29, 1.82) is 0 Å². The molecular weight excluding hydrogens is 687 g/mol. The van der Waals surface area contributed by atoms with E-state index in [0.29, 0.717) is 5.82 Å². The first-order valence-corrected chi connectivity index (χ1v) is 18.7. The van der Waals surface area contributed by atoms with Gasteiger partial charge in [-0.15, -0.1) is 0 Å². The van der Waals surface area contributed by atoms with Crippen LogP contribution in [0.15, 0.2) is 197 Å². The zero-order valence-corrected chi connectivity index (χ0v) is 30.1. The van der Waals surface area contributed by atoms with E-state index < -0.39 is 0 Å². The number of fused-ring (bicyclic) bond motifs is 6. The van der Waals surface area contributed by atoms with Crippen molar-refractivity contribution >= 4 is 43.9 Å². The fourth-order valence-corrected chi connectivity index (χ4v) is 7.87. The zero-order chi connectivity index (χ0) is 37.0. The van der Waals surface area contributed by atoms with E-state index in [0.717, 1.165) is 105 Å². The zero-order valence-electron chi connectivity index (χ0n) is 30.1. The number of pyridine rings is 1. The van der Waals surface area contributed by atoms with Crippen molar-refractivity contribution in [2.75, 3.05) is 0 Å². The average molecular weight is 718 g/mol. The summed E-state index contributed by atoms with van der Waals surface area (Å²) < 4.78 is 12.9. The Labute approximate surface area is 322 Å². The molecule has 0 aliphatic carbocycles. The Morgan fingerprint density at radius 2 is 0.946 bits per heavy atom. The van der Waals surface area contributed by atoms with Crippen molar-refractivity contribution in [2.45, 2.75) is 0 Å². The van der Waals surface area contributed by atoms with E-state index in [9.17, 15) is 0 Å². The Morgan fingerprint density at radius 1 is 0.339 bits per heavy atom. The number of nitrogens with zero attached hydrogens (tertiary/aromatic N) is 3. The molecule has 56 heavy (non-hydrogen) atoms. The van der Waals surface area contributed by atoms with Crippen molar-refractivity contribution in [2.24, 2.45) is 0 Å². The van der Waals surface area contributed by atoms with Gasteiger partial charge in [0.1, 0.15) is 22.3 Å². The minimum atomic E-state index is 0.671. The molecule has 0 fully saturated rings. The van der Waals surface area contributed by atoms with Gasteiger partial charge in [-0.3, -0.25) is 4.98 Å². The maximum absolute atomic E-state index is 6.66. The van der Waals surface area contributed by atoms with Crippen LogP contribution < -0.4 is 0 Å². The van der Waals surface area contributed by atoms with E-state index in [1.165, 1.54) is 0 Å². The molecule has 0 amide bonds. The second kappa shape index (κ2) is 13.0. The maximum atomic E-state index is 6.66. The third-order valence-electron chi connectivity index (χ3n) is 10.6. The van der Waals surface area contributed by atoms with E-state index in [4.69, 9.17) is 18.8 Å². The van der Waals surface area contributed by atoms with Gasteiger partial charge in [-0.05, 0) is 82.4 Å². The molecule has 0 spiro atoms. The second-order valence-electron chi connectivity index (χ2n) is 14.0. The minimum absolute atomic E-state index is 0.671. The summed E-state index contributed by atoms with van der Waals surface area (Å²) in [7, 11) is 0. The first-order valence-electron chi connectivity index (χ1n) is 18.7. The van der Waals surface area contributed by atoms with Crippen LogP contribution in [0.4, 0.5) is 0 Å². The summed E-state index contributed by atoms with van der Waals surface area (Å²) >= 11 is 0. The van der Waals surface area contributed by atoms with Crippen molar-refractivity contribution in [1.82, 2.24) is 15.0 Å². The average Bonchev–Trinajstić information content (AvgIpc) is 3.85. The maximum Gasteiger partial charge on any atom is 0.160 e. The van der Waals surface area contributed by atoms with Crippen LogP contribution in [0, 0.1) is 0 Å². The molecule has 0 atom stereocenters. The quantitative estimate of drug-likeness (QED) is 0.171. The Balaban J connectivity index is 1.02. The highest BCUT2D eigenvalue weighted by Crippen LogP contribution is 2.43. The van der Waals surface area contributed by atoms with Crippen LogP contribution in [0.5, 0.6) is 0 Å². The largest absolute Gasteiger partial charge is 0.456 e. The number of para-hydroxylation sites is 2. The predicted molar refractivity (Wildman–Crippen MR) is 227 cm³/mol. The molecule has 0 N–H and O–H groups in total. The molecular formula is C51H31N3O2. The molecule has 11 aromatic rings. The summed E-state index contributed by atoms with van der Waals surface area (Å²) in [6.45, 7) is 0. The molecule has 262 valence electrons. The van der Waals surface area contributed by atoms with Gasteiger partial charge in [0.15, 0.2) is 5.82 Å². The SMILES string of the molecule is c1ccc(-c2cc(-c3ccc(-c4ccc(-c5ccc6c(c5)oc5ccccc56)c5oc6ccccc6c45)cc3)nc(-c3cccc(-c4ccncc4)c3)n2)cc1. The van der Waals surface area contributed by atoms with Gasteiger partial charge >= 0.3 is 0 Å². The summed E-state index contributed by atoms with van der Waals surface area (Å²) in [4.78, 5) is 14.4. The molecule has 0 aliphatic rings. The predicted octanol–water partition coefficient (Wildman–Crippen LogP) is 13.7. The smallest absolute Gasteiger partial charge is 0.160 e. The number of benzene rings is 7. The van der Waals surface area contributed by atoms with Crippen LogP contribution >= 0.6 is 0 Å². The third-order valence-corrected chi connectivity index (χ3v) is 10.6. The van der Waals surface area contributed by atoms with Crippen molar-refractivity contribution in [3.8, 4) is 67.3 Å². The van der Waals surface area contributed by atoms with Gasteiger partial charge in [0.25, 0.3) is 0 Å². The van der Waals surface area contributed by atoms with Gasteiger partial charge in [0.2, 0.25) is 0 Å². The molecule has 11 rings (SSSR count). The van der Waals surface area contributed by atoms with Crippen molar-refractivity contribution in [3.63, 3.8) is 0 Å². The van der Waals surface area contributed by atoms with Gasteiger partial charge in [-0.1, -0.05) is 121 Å². The van der Waals surface area contributed by atoms with Crippen molar-refractivity contribution < 1.29 is 8.83 Å². The molecule has 5 nitrogen and oxygen atoms in total. The topological polar surface area (TPSA) is 65.0 Å². The molecule has 0 radical (unpaired) electrons. The fourth-order valence-electron chi connectivity index (χ4n) is 7.87. The van der Waals surface area contributed by atoms with E-state index in [2.05, 4.69) is 120 Å². The number of rotatable bonds is 6. The van der Waals surface area contributed by atoms with Gasteiger partial charge in [0.05, 0.1) is 11.4 Å². The van der Waals surface area contributed by atoms with Crippen LogP contribution in [0.2, 0.25) is 0 Å². The molecule has 0 saturated heterocycles. The summed E-state index contributed by atoms with van der Waals surface area (Å²) in [5, 5.41) is 4.38. The molecule has 4 aromatic heterocycles. The Hall–Kier alpha value is -7.63. The molecule has 7 aromatic carbocycles. The summed E-state index contributed by atoms with van der Waals surface area (Å²) in [5.74, 6) is 0.671. The van der Waals surface area contributed by atoms with E-state index in [1.54, 1.807) is 0 Å². The molecule has 0 aliphatic heterocycles. The highest BCUT2D eigenvalue weighted by atomic mass is 16.3. The Bertz CT molecular complexity index is 3240. The first kappa shape index (κ1) is 31.9. The van der Waals surface area contributed by atoms with E-state index in [-0.39, 0.29) is 0 Å². The van der Waals surface area contributed by atoms with Crippen LogP contribution in [0.3, 0.4) is 0 Å². The summed E-state index contributed by atoms with van der Waals surface area (Å²) in [5.41, 5.74) is 14.6. The lowest BCUT2D eigenvalue weighted by Gasteiger charge is -2.12. The van der Waals surface area contributed by atoms with Gasteiger partial charge in [-0.2, -0.15) is 0 Å². The van der Waals surface area contributed by atoms with Crippen molar-refractivity contribution in [3.05, 3.63) is 188 Å². The van der Waals surface area contributed by atoms with Gasteiger partial charge in [-0.25, -0.2) is 9.97 Å². The number of hydrogen-bond acceptors (Lipinski definition) is 5. The molecule has 5 heteroatoms. The lowest BCUT2D eigenvalue weighted by Crippen LogP contribution is -1.96. The number of hydrogen-bond donors (Lipinski definition) is 0. The van der Waals surface area contributed by atoms with Crippen LogP contribution in [-0.4, -0.2) is 15.0 Å². The standard InChI is InChI=1S/C51H31N3O2/c1-2-9-34(10-3-1)44-31-45(54-51(53-44)38-12-8-11-36(29-38)32-25-27-52-28-26-32)35-19-17-33(18-20-35)39-23-24-40(50-49(39)43-14-5-7-16-47(43)56-50)37-21-22-42-41-13-4-6-15-46(41)55-48(42)30-37/h1-31H. The fraction of sp³-hybridized carbons (Fsp3) is 0. The van der Waals surface area contributed by atoms with Gasteiger partial charge in [0, 0.05) is 56.2 Å². The molecule has 0 bridgehead atoms. The number of furan rings is 2. The monoisotopic (exact) mass is 717 g/mol. The van der Waals surface area contributed by atoms with Crippen LogP contribution in [0.25, 0.3) is 111 Å². The third kappa shape index (κ3) is 5.45. The number of aromatic nitrogens is 3. The molecule has 0 saturated carbocycles. The molecule has 4 heterocycles. The minimum Gasteiger partial charge on any atom is -0.456 e. The van der Waals surface area contributed by atoms with Crippen LogP contribution in [-0.2, 0) is 0 Å². The highest BCUT2D eigenvalue weighted by Gasteiger charge is 2.19. The van der Waals surface area contributed by atoms with Crippen LogP contribution in [0.1, 0.15) is 0 Å². The lowest BCUT2D eigenvalue weighted by molar-refractivity contribution is 0.668.